The summed E-state index contributed by atoms with van der Waals surface area (Å²) in [7, 11) is 0. The largest absolute Gasteiger partial charge is 0.489 e. The molecule has 0 aliphatic rings. The van der Waals surface area contributed by atoms with Crippen LogP contribution >= 0.6 is 0 Å². The van der Waals surface area contributed by atoms with Gasteiger partial charge in [-0.1, -0.05) is 44.2 Å². The van der Waals surface area contributed by atoms with Gasteiger partial charge >= 0.3 is 0 Å². The molecule has 0 bridgehead atoms. The van der Waals surface area contributed by atoms with Gasteiger partial charge in [0.25, 0.3) is 0 Å². The Bertz CT molecular complexity index is 646. The Balaban J connectivity index is 1.80. The zero-order valence-electron chi connectivity index (χ0n) is 15.7. The third-order valence-electron chi connectivity index (χ3n) is 4.11. The minimum Gasteiger partial charge on any atom is -0.489 e. The van der Waals surface area contributed by atoms with Crippen LogP contribution in [0.15, 0.2) is 48.5 Å². The van der Waals surface area contributed by atoms with Crippen LogP contribution in [0.5, 0.6) is 5.75 Å². The van der Waals surface area contributed by atoms with Gasteiger partial charge in [-0.15, -0.1) is 0 Å². The number of ether oxygens (including phenoxy) is 1. The van der Waals surface area contributed by atoms with Crippen LogP contribution in [0.1, 0.15) is 31.4 Å². The molecule has 3 N–H and O–H groups in total. The molecule has 1 radical (unpaired) electrons. The maximum atomic E-state index is 13.9. The lowest BCUT2D eigenvalue weighted by atomic mass is 10.0. The van der Waals surface area contributed by atoms with E-state index in [-0.39, 0.29) is 11.9 Å². The van der Waals surface area contributed by atoms with E-state index in [2.05, 4.69) is 19.2 Å². The highest BCUT2D eigenvalue weighted by atomic mass is 19.1. The van der Waals surface area contributed by atoms with Crippen molar-refractivity contribution < 1.29 is 9.13 Å². The lowest BCUT2D eigenvalue weighted by Gasteiger charge is -2.14. The molecule has 26 heavy (non-hydrogen) atoms. The first kappa shape index (κ1) is 20.4. The first-order chi connectivity index (χ1) is 12.5. The smallest absolute Gasteiger partial charge is 0.127 e. The Morgan fingerprint density at radius 1 is 1.12 bits per heavy atom. The molecule has 2 aromatic carbocycles. The molecule has 0 aliphatic heterocycles. The molecule has 2 aromatic rings. The molecule has 1 atom stereocenters. The van der Waals surface area contributed by atoms with E-state index in [1.807, 2.05) is 42.8 Å². The fraction of sp³-hybridized carbons (Fsp3) is 0.409. The summed E-state index contributed by atoms with van der Waals surface area (Å²) in [5.74, 6) is 0.928. The lowest BCUT2D eigenvalue weighted by molar-refractivity contribution is 0.304. The predicted octanol–water partition coefficient (Wildman–Crippen LogP) is 4.11. The maximum absolute atomic E-state index is 13.9. The third-order valence-corrected chi connectivity index (χ3v) is 4.11. The molecule has 141 valence electrons. The van der Waals surface area contributed by atoms with Crippen molar-refractivity contribution in [3.05, 3.63) is 71.9 Å². The summed E-state index contributed by atoms with van der Waals surface area (Å²) in [5, 5.41) is 3.36. The first-order valence-corrected chi connectivity index (χ1v) is 9.28. The van der Waals surface area contributed by atoms with Crippen molar-refractivity contribution in [2.75, 3.05) is 13.1 Å². The average molecular weight is 357 g/mol. The fourth-order valence-electron chi connectivity index (χ4n) is 2.65. The van der Waals surface area contributed by atoms with E-state index >= 15 is 0 Å². The fourth-order valence-corrected chi connectivity index (χ4v) is 2.65. The van der Waals surface area contributed by atoms with Crippen molar-refractivity contribution in [2.24, 2.45) is 11.7 Å². The van der Waals surface area contributed by atoms with Crippen LogP contribution in [0.3, 0.4) is 0 Å². The van der Waals surface area contributed by atoms with Gasteiger partial charge in [-0.2, -0.15) is 0 Å². The monoisotopic (exact) mass is 357 g/mol. The second-order valence-corrected chi connectivity index (χ2v) is 7.06. The number of nitrogens with two attached hydrogens (primary N) is 1. The van der Waals surface area contributed by atoms with Crippen LogP contribution in [0.25, 0.3) is 0 Å². The Morgan fingerprint density at radius 3 is 2.62 bits per heavy atom. The van der Waals surface area contributed by atoms with Crippen LogP contribution in [0, 0.1) is 18.2 Å². The number of halogens is 1. The van der Waals surface area contributed by atoms with Gasteiger partial charge in [0.15, 0.2) is 0 Å². The third kappa shape index (κ3) is 7.98. The molecule has 2 rings (SSSR count). The number of nitrogens with one attached hydrogen (secondary N) is 1. The van der Waals surface area contributed by atoms with Gasteiger partial charge in [0.2, 0.25) is 0 Å². The summed E-state index contributed by atoms with van der Waals surface area (Å²) < 4.78 is 19.6. The SMILES string of the molecule is CC(C)CCNC[CH]C(N)Cc1cc(F)cc(OCc2ccccc2)c1. The van der Waals surface area contributed by atoms with Gasteiger partial charge in [0.1, 0.15) is 18.2 Å². The molecule has 0 fully saturated rings. The molecular weight excluding hydrogens is 327 g/mol. The Hall–Kier alpha value is -1.91. The number of hydrogen-bond acceptors (Lipinski definition) is 3. The zero-order valence-corrected chi connectivity index (χ0v) is 15.7. The first-order valence-electron chi connectivity index (χ1n) is 9.28. The zero-order chi connectivity index (χ0) is 18.8. The standard InChI is InChI=1S/C22H30FN2O/c1-17(2)8-10-25-11-9-21(24)13-19-12-20(23)15-22(14-19)26-16-18-6-4-3-5-7-18/h3-7,9,12,14-15,17,21,25H,8,10-11,13,16,24H2,1-2H3. The average Bonchev–Trinajstić information content (AvgIpc) is 2.60. The molecule has 4 heteroatoms. The number of benzene rings is 2. The van der Waals surface area contributed by atoms with E-state index in [0.29, 0.717) is 24.7 Å². The van der Waals surface area contributed by atoms with Crippen LogP contribution in [-0.2, 0) is 13.0 Å². The van der Waals surface area contributed by atoms with E-state index in [4.69, 9.17) is 10.5 Å². The minimum atomic E-state index is -0.298. The van der Waals surface area contributed by atoms with Crippen molar-refractivity contribution in [3.8, 4) is 5.75 Å². The van der Waals surface area contributed by atoms with Crippen molar-refractivity contribution >= 4 is 0 Å². The molecule has 1 unspecified atom stereocenters. The van der Waals surface area contributed by atoms with Gasteiger partial charge in [0.05, 0.1) is 0 Å². The lowest BCUT2D eigenvalue weighted by Crippen LogP contribution is -2.30. The summed E-state index contributed by atoms with van der Waals surface area (Å²) in [6.45, 7) is 6.58. The summed E-state index contributed by atoms with van der Waals surface area (Å²) in [4.78, 5) is 0. The topological polar surface area (TPSA) is 47.3 Å². The van der Waals surface area contributed by atoms with Crippen molar-refractivity contribution in [2.45, 2.75) is 39.3 Å². The van der Waals surface area contributed by atoms with Gasteiger partial charge in [0, 0.05) is 12.1 Å². The van der Waals surface area contributed by atoms with Crippen molar-refractivity contribution in [1.29, 1.82) is 0 Å². The molecule has 0 aromatic heterocycles. The molecule has 0 amide bonds. The van der Waals surface area contributed by atoms with Crippen LogP contribution < -0.4 is 15.8 Å². The summed E-state index contributed by atoms with van der Waals surface area (Å²) in [6, 6.07) is 14.5. The van der Waals surface area contributed by atoms with Crippen molar-refractivity contribution in [1.82, 2.24) is 5.32 Å². The van der Waals surface area contributed by atoms with E-state index in [0.717, 1.165) is 30.6 Å². The van der Waals surface area contributed by atoms with Crippen LogP contribution in [0.4, 0.5) is 4.39 Å². The van der Waals surface area contributed by atoms with E-state index < -0.39 is 0 Å². The number of hydrogen-bond donors (Lipinski definition) is 2. The van der Waals surface area contributed by atoms with Crippen LogP contribution in [0.2, 0.25) is 0 Å². The Kier molecular flexibility index (Phi) is 8.59. The second-order valence-electron chi connectivity index (χ2n) is 7.06. The van der Waals surface area contributed by atoms with Gasteiger partial charge in [-0.25, -0.2) is 4.39 Å². The number of rotatable bonds is 11. The Morgan fingerprint density at radius 2 is 1.88 bits per heavy atom. The van der Waals surface area contributed by atoms with Crippen LogP contribution in [-0.4, -0.2) is 19.1 Å². The molecule has 3 nitrogen and oxygen atoms in total. The van der Waals surface area contributed by atoms with E-state index in [1.54, 1.807) is 0 Å². The minimum absolute atomic E-state index is 0.120. The molecule has 0 saturated heterocycles. The van der Waals surface area contributed by atoms with Gasteiger partial charge in [-0.05, 0) is 61.5 Å². The highest BCUT2D eigenvalue weighted by Gasteiger charge is 2.08. The molecule has 0 heterocycles. The second kappa shape index (κ2) is 10.9. The summed E-state index contributed by atoms with van der Waals surface area (Å²) in [6.07, 6.45) is 3.77. The highest BCUT2D eigenvalue weighted by Crippen LogP contribution is 2.19. The normalized spacial score (nSPS) is 12.3. The summed E-state index contributed by atoms with van der Waals surface area (Å²) in [5.41, 5.74) is 8.05. The van der Waals surface area contributed by atoms with E-state index in [9.17, 15) is 4.39 Å². The molecule has 0 spiro atoms. The molecule has 0 aliphatic carbocycles. The highest BCUT2D eigenvalue weighted by molar-refractivity contribution is 5.31. The van der Waals surface area contributed by atoms with E-state index in [1.165, 1.54) is 12.1 Å². The summed E-state index contributed by atoms with van der Waals surface area (Å²) >= 11 is 0. The van der Waals surface area contributed by atoms with Gasteiger partial charge < -0.3 is 15.8 Å². The van der Waals surface area contributed by atoms with Gasteiger partial charge in [-0.3, -0.25) is 0 Å². The quantitative estimate of drug-likeness (QED) is 0.595. The maximum Gasteiger partial charge on any atom is 0.127 e. The molecular formula is C22H30FN2O. The molecule has 0 saturated carbocycles. The Labute approximate surface area is 156 Å². The van der Waals surface area contributed by atoms with Crippen molar-refractivity contribution in [3.63, 3.8) is 0 Å². The predicted molar refractivity (Wildman–Crippen MR) is 105 cm³/mol.